The molecule has 2 aliphatic rings. The normalized spacial score (nSPS) is 26.1. The highest BCUT2D eigenvalue weighted by Crippen LogP contribution is 2.30. The zero-order valence-corrected chi connectivity index (χ0v) is 15.2. The monoisotopic (exact) mass is 361 g/mol. The van der Waals surface area contributed by atoms with Crippen LogP contribution in [0.15, 0.2) is 28.8 Å². The number of aromatic nitrogens is 2. The van der Waals surface area contributed by atoms with Gasteiger partial charge in [0.2, 0.25) is 11.7 Å². The molecule has 3 atom stereocenters. The number of likely N-dealkylation sites (N-methyl/N-ethyl adjacent to an activating group) is 1. The Hall–Kier alpha value is -1.47. The zero-order chi connectivity index (χ0) is 17.2. The van der Waals surface area contributed by atoms with E-state index in [1.54, 1.807) is 0 Å². The van der Waals surface area contributed by atoms with Gasteiger partial charge in [0.25, 0.3) is 0 Å². The van der Waals surface area contributed by atoms with E-state index in [2.05, 4.69) is 32.9 Å². The summed E-state index contributed by atoms with van der Waals surface area (Å²) in [6.45, 7) is 1.60. The number of nitrogens with zero attached hydrogens (tertiary/aromatic N) is 3. The third-order valence-corrected chi connectivity index (χ3v) is 5.49. The van der Waals surface area contributed by atoms with E-state index in [-0.39, 0.29) is 0 Å². The quantitative estimate of drug-likeness (QED) is 0.853. The minimum absolute atomic E-state index is 0.477. The summed E-state index contributed by atoms with van der Waals surface area (Å²) in [6, 6.07) is 8.61. The molecule has 0 bridgehead atoms. The van der Waals surface area contributed by atoms with Crippen molar-refractivity contribution >= 4 is 11.6 Å². The summed E-state index contributed by atoms with van der Waals surface area (Å²) in [4.78, 5) is 6.75. The molecular weight excluding hydrogens is 338 g/mol. The maximum absolute atomic E-state index is 6.03. The molecule has 0 radical (unpaired) electrons. The lowest BCUT2D eigenvalue weighted by atomic mass is 9.81. The molecule has 1 aromatic heterocycles. The summed E-state index contributed by atoms with van der Waals surface area (Å²) in [5.74, 6) is 1.93. The molecule has 1 saturated heterocycles. The van der Waals surface area contributed by atoms with Crippen LogP contribution in [0, 0.1) is 5.92 Å². The van der Waals surface area contributed by atoms with Gasteiger partial charge in [-0.1, -0.05) is 41.7 Å². The average Bonchev–Trinajstić information content (AvgIpc) is 3.23. The van der Waals surface area contributed by atoms with E-state index in [4.69, 9.17) is 16.1 Å². The van der Waals surface area contributed by atoms with E-state index >= 15 is 0 Å². The van der Waals surface area contributed by atoms with Gasteiger partial charge >= 0.3 is 0 Å². The van der Waals surface area contributed by atoms with Gasteiger partial charge in [-0.25, -0.2) is 0 Å². The Labute approximate surface area is 152 Å². The van der Waals surface area contributed by atoms with Gasteiger partial charge in [0.15, 0.2) is 0 Å². The van der Waals surface area contributed by atoms with Crippen LogP contribution in [0.2, 0.25) is 5.02 Å². The predicted octanol–water partition coefficient (Wildman–Crippen LogP) is 2.86. The highest BCUT2D eigenvalue weighted by Gasteiger charge is 2.37. The van der Waals surface area contributed by atoms with Crippen LogP contribution in [0.1, 0.15) is 31.6 Å². The summed E-state index contributed by atoms with van der Waals surface area (Å²) in [6.07, 6.45) is 5.28. The molecule has 2 aromatic rings. The van der Waals surface area contributed by atoms with E-state index in [0.717, 1.165) is 18.0 Å². The summed E-state index contributed by atoms with van der Waals surface area (Å²) in [7, 11) is 2.10. The Balaban J connectivity index is 1.36. The maximum atomic E-state index is 6.03. The first-order valence-electron chi connectivity index (χ1n) is 8.97. The third kappa shape index (κ3) is 3.87. The zero-order valence-electron chi connectivity index (χ0n) is 14.4. The van der Waals surface area contributed by atoms with Crippen LogP contribution in [0.5, 0.6) is 0 Å². The van der Waals surface area contributed by atoms with E-state index in [1.165, 1.54) is 25.7 Å². The Morgan fingerprint density at radius 2 is 2.16 bits per heavy atom. The smallest absolute Gasteiger partial charge is 0.241 e. The summed E-state index contributed by atoms with van der Waals surface area (Å²) in [5.41, 5.74) is 7.82. The standard InChI is InChI=1S/C18H24ClN5O/c1-24(10-16-14-7-2-3-8-15(14)21-22-16)11-17-20-18(23-25-17)12-5-4-6-13(19)9-12/h4-6,9,14-16,21-22H,2-3,7-8,10-11H2,1H3. The maximum Gasteiger partial charge on any atom is 0.241 e. The molecule has 1 aliphatic heterocycles. The number of nitrogens with one attached hydrogen (secondary N) is 2. The topological polar surface area (TPSA) is 66.2 Å². The minimum atomic E-state index is 0.477. The van der Waals surface area contributed by atoms with Gasteiger partial charge in [-0.05, 0) is 37.9 Å². The Morgan fingerprint density at radius 1 is 1.28 bits per heavy atom. The van der Waals surface area contributed by atoms with Gasteiger partial charge in [0.1, 0.15) is 0 Å². The van der Waals surface area contributed by atoms with E-state index < -0.39 is 0 Å². The second kappa shape index (κ2) is 7.41. The highest BCUT2D eigenvalue weighted by molar-refractivity contribution is 6.30. The van der Waals surface area contributed by atoms with Crippen LogP contribution in [0.25, 0.3) is 11.4 Å². The molecule has 0 amide bonds. The Morgan fingerprint density at radius 3 is 3.04 bits per heavy atom. The van der Waals surface area contributed by atoms with Crippen molar-refractivity contribution < 1.29 is 4.52 Å². The molecule has 2 heterocycles. The number of hydrogen-bond donors (Lipinski definition) is 2. The average molecular weight is 362 g/mol. The molecule has 6 nitrogen and oxygen atoms in total. The minimum Gasteiger partial charge on any atom is -0.338 e. The van der Waals surface area contributed by atoms with E-state index in [1.807, 2.05) is 24.3 Å². The SMILES string of the molecule is CN(Cc1nc(-c2cccc(Cl)c2)no1)CC1NNC2CCCCC21. The molecule has 0 spiro atoms. The molecule has 2 N–H and O–H groups in total. The molecule has 7 heteroatoms. The van der Waals surface area contributed by atoms with E-state index in [0.29, 0.717) is 35.4 Å². The lowest BCUT2D eigenvalue weighted by molar-refractivity contribution is 0.216. The van der Waals surface area contributed by atoms with Crippen molar-refractivity contribution in [2.24, 2.45) is 5.92 Å². The van der Waals surface area contributed by atoms with Crippen molar-refractivity contribution in [1.29, 1.82) is 0 Å². The number of fused-ring (bicyclic) bond motifs is 1. The summed E-state index contributed by atoms with van der Waals surface area (Å²) >= 11 is 6.03. The Bertz CT molecular complexity index is 721. The molecule has 134 valence electrons. The lowest BCUT2D eigenvalue weighted by Gasteiger charge is -2.29. The van der Waals surface area contributed by atoms with Gasteiger partial charge in [-0.2, -0.15) is 4.98 Å². The second-order valence-electron chi connectivity index (χ2n) is 7.17. The van der Waals surface area contributed by atoms with Crippen LogP contribution in [0.4, 0.5) is 0 Å². The van der Waals surface area contributed by atoms with Crippen LogP contribution < -0.4 is 10.9 Å². The number of hydrazine groups is 1. The largest absolute Gasteiger partial charge is 0.338 e. The van der Waals surface area contributed by atoms with Crippen molar-refractivity contribution in [3.8, 4) is 11.4 Å². The fourth-order valence-corrected chi connectivity index (χ4v) is 4.21. The summed E-state index contributed by atoms with van der Waals surface area (Å²) in [5, 5.41) is 4.75. The first-order valence-corrected chi connectivity index (χ1v) is 9.35. The van der Waals surface area contributed by atoms with E-state index in [9.17, 15) is 0 Å². The number of rotatable bonds is 5. The van der Waals surface area contributed by atoms with Crippen molar-refractivity contribution in [2.45, 2.75) is 44.3 Å². The molecule has 3 unspecified atom stereocenters. The molecule has 25 heavy (non-hydrogen) atoms. The molecule has 4 rings (SSSR count). The van der Waals surface area contributed by atoms with Crippen molar-refractivity contribution in [2.75, 3.05) is 13.6 Å². The van der Waals surface area contributed by atoms with Gasteiger partial charge < -0.3 is 4.52 Å². The molecule has 1 aliphatic carbocycles. The van der Waals surface area contributed by atoms with Crippen LogP contribution >= 0.6 is 11.6 Å². The summed E-state index contributed by atoms with van der Waals surface area (Å²) < 4.78 is 5.42. The van der Waals surface area contributed by atoms with Crippen molar-refractivity contribution in [3.63, 3.8) is 0 Å². The lowest BCUT2D eigenvalue weighted by Crippen LogP contribution is -2.41. The van der Waals surface area contributed by atoms with Crippen molar-refractivity contribution in [3.05, 3.63) is 35.2 Å². The predicted molar refractivity (Wildman–Crippen MR) is 96.9 cm³/mol. The fraction of sp³-hybridized carbons (Fsp3) is 0.556. The molecule has 1 saturated carbocycles. The first-order chi connectivity index (χ1) is 12.2. The van der Waals surface area contributed by atoms with Crippen LogP contribution in [-0.2, 0) is 6.54 Å². The van der Waals surface area contributed by atoms with Gasteiger partial charge in [-0.15, -0.1) is 0 Å². The number of benzene rings is 1. The Kier molecular flexibility index (Phi) is 5.03. The van der Waals surface area contributed by atoms with Crippen molar-refractivity contribution in [1.82, 2.24) is 25.9 Å². The van der Waals surface area contributed by atoms with Gasteiger partial charge in [0, 0.05) is 29.2 Å². The number of halogens is 1. The fourth-order valence-electron chi connectivity index (χ4n) is 4.02. The molecular formula is C18H24ClN5O. The van der Waals surface area contributed by atoms with Crippen LogP contribution in [-0.4, -0.2) is 40.7 Å². The molecule has 1 aromatic carbocycles. The highest BCUT2D eigenvalue weighted by atomic mass is 35.5. The van der Waals surface area contributed by atoms with Crippen LogP contribution in [0.3, 0.4) is 0 Å². The second-order valence-corrected chi connectivity index (χ2v) is 7.61. The molecule has 2 fully saturated rings. The third-order valence-electron chi connectivity index (χ3n) is 5.25. The first kappa shape index (κ1) is 17.0. The van der Waals surface area contributed by atoms with Gasteiger partial charge in [-0.3, -0.25) is 15.8 Å². The number of hydrogen-bond acceptors (Lipinski definition) is 6. The van der Waals surface area contributed by atoms with Gasteiger partial charge in [0.05, 0.1) is 6.54 Å².